The van der Waals surface area contributed by atoms with Gasteiger partial charge in [-0.05, 0) is 29.7 Å². The number of ether oxygens (including phenoxy) is 2. The number of allylic oxidation sites excluding steroid dienone is 1. The summed E-state index contributed by atoms with van der Waals surface area (Å²) in [4.78, 5) is 11.8. The molecule has 1 aliphatic rings. The minimum atomic E-state index is -0.118. The van der Waals surface area contributed by atoms with Crippen LogP contribution in [0.5, 0.6) is 11.5 Å². The number of methoxy groups -OCH3 is 1. The van der Waals surface area contributed by atoms with Crippen LogP contribution in [-0.2, 0) is 17.8 Å². The van der Waals surface area contributed by atoms with Gasteiger partial charge in [-0.25, -0.2) is 0 Å². The summed E-state index contributed by atoms with van der Waals surface area (Å²) in [5, 5.41) is 5.48. The van der Waals surface area contributed by atoms with Crippen LogP contribution in [0, 0.1) is 0 Å². The lowest BCUT2D eigenvalue weighted by Crippen LogP contribution is -2.22. The van der Waals surface area contributed by atoms with Crippen LogP contribution in [0.1, 0.15) is 16.7 Å². The van der Waals surface area contributed by atoms with Crippen molar-refractivity contribution in [1.82, 2.24) is 5.01 Å². The number of rotatable bonds is 8. The predicted octanol–water partition coefficient (Wildman–Crippen LogP) is 4.20. The Labute approximate surface area is 174 Å². The van der Waals surface area contributed by atoms with Gasteiger partial charge in [0.25, 0.3) is 5.91 Å². The highest BCUT2D eigenvalue weighted by Gasteiger charge is 2.26. The second-order valence-corrected chi connectivity index (χ2v) is 7.59. The van der Waals surface area contributed by atoms with E-state index in [0.717, 1.165) is 16.7 Å². The zero-order chi connectivity index (χ0) is 19.9. The summed E-state index contributed by atoms with van der Waals surface area (Å²) < 4.78 is 12.1. The number of carbonyl (C=O) groups excluding carboxylic acids is 1. The molecule has 0 atom stereocenters. The molecule has 0 N–H and O–H groups in total. The summed E-state index contributed by atoms with van der Waals surface area (Å²) in [7, 11) is 1.60. The monoisotopic (exact) mass is 412 g/mol. The second kappa shape index (κ2) is 9.52. The summed E-state index contributed by atoms with van der Waals surface area (Å²) >= 11 is 6.46. The number of nitrogens with zero attached hydrogens (tertiary/aromatic N) is 2. The number of benzene rings is 2. The Morgan fingerprint density at radius 2 is 2.11 bits per heavy atom. The van der Waals surface area contributed by atoms with Crippen molar-refractivity contribution in [2.75, 3.05) is 12.9 Å². The molecule has 1 aliphatic heterocycles. The average molecular weight is 413 g/mol. The fourth-order valence-electron chi connectivity index (χ4n) is 2.69. The normalized spacial score (nSPS) is 14.0. The van der Waals surface area contributed by atoms with Crippen molar-refractivity contribution in [3.63, 3.8) is 0 Å². The van der Waals surface area contributed by atoms with Crippen molar-refractivity contribution < 1.29 is 14.3 Å². The molecule has 3 rings (SSSR count). The maximum atomic E-state index is 11.8. The van der Waals surface area contributed by atoms with E-state index in [1.165, 1.54) is 16.8 Å². The molecule has 1 fully saturated rings. The van der Waals surface area contributed by atoms with Crippen molar-refractivity contribution in [3.8, 4) is 11.5 Å². The Bertz CT molecular complexity index is 897. The number of thiocarbonyl (C=S) groups is 1. The van der Waals surface area contributed by atoms with E-state index < -0.39 is 0 Å². The minimum Gasteiger partial charge on any atom is -0.493 e. The van der Waals surface area contributed by atoms with Gasteiger partial charge >= 0.3 is 0 Å². The summed E-state index contributed by atoms with van der Waals surface area (Å²) in [6.45, 7) is 4.26. The molecule has 1 heterocycles. The van der Waals surface area contributed by atoms with Crippen LogP contribution in [0.3, 0.4) is 0 Å². The molecule has 0 radical (unpaired) electrons. The highest BCUT2D eigenvalue weighted by molar-refractivity contribution is 8.23. The van der Waals surface area contributed by atoms with E-state index in [4.69, 9.17) is 21.7 Å². The number of hydrogen-bond donors (Lipinski definition) is 0. The predicted molar refractivity (Wildman–Crippen MR) is 117 cm³/mol. The van der Waals surface area contributed by atoms with Crippen molar-refractivity contribution >= 4 is 40.4 Å². The third kappa shape index (κ3) is 4.79. The number of hydrogen-bond acceptors (Lipinski definition) is 6. The Hall–Kier alpha value is -2.64. The van der Waals surface area contributed by atoms with E-state index in [1.807, 2.05) is 42.5 Å². The van der Waals surface area contributed by atoms with E-state index in [1.54, 1.807) is 19.4 Å². The quantitative estimate of drug-likeness (QED) is 0.370. The fourth-order valence-corrected chi connectivity index (χ4v) is 3.66. The van der Waals surface area contributed by atoms with Gasteiger partial charge in [0.1, 0.15) is 6.61 Å². The first-order chi connectivity index (χ1) is 13.6. The van der Waals surface area contributed by atoms with E-state index in [-0.39, 0.29) is 5.91 Å². The highest BCUT2D eigenvalue weighted by Crippen LogP contribution is 2.34. The smallest absolute Gasteiger partial charge is 0.259 e. The zero-order valence-corrected chi connectivity index (χ0v) is 17.1. The Balaban J connectivity index is 1.87. The maximum absolute atomic E-state index is 11.8. The molecule has 0 spiro atoms. The average Bonchev–Trinajstić information content (AvgIpc) is 3.03. The molecule has 5 nitrogen and oxygen atoms in total. The molecule has 1 saturated heterocycles. The van der Waals surface area contributed by atoms with Crippen LogP contribution in [0.25, 0.3) is 0 Å². The Morgan fingerprint density at radius 1 is 1.32 bits per heavy atom. The van der Waals surface area contributed by atoms with Crippen LogP contribution >= 0.6 is 24.0 Å². The summed E-state index contributed by atoms with van der Waals surface area (Å²) in [5.41, 5.74) is 2.78. The van der Waals surface area contributed by atoms with E-state index in [9.17, 15) is 4.79 Å². The molecule has 2 aromatic carbocycles. The minimum absolute atomic E-state index is 0.118. The van der Waals surface area contributed by atoms with Crippen molar-refractivity contribution in [3.05, 3.63) is 71.8 Å². The van der Waals surface area contributed by atoms with E-state index in [2.05, 4.69) is 11.7 Å². The standard InChI is InChI=1S/C21H20N2O3S2/c1-3-7-17-10-16(12-22-23-19(24)14-28-21(23)27)11-18(25-2)20(17)26-13-15-8-5-4-6-9-15/h3-6,8-12H,1,7,13-14H2,2H3/b22-12-. The molecule has 1 amide bonds. The molecular weight excluding hydrogens is 392 g/mol. The number of carbonyl (C=O) groups is 1. The molecule has 0 bridgehead atoms. The van der Waals surface area contributed by atoms with E-state index >= 15 is 0 Å². The number of amides is 1. The number of hydrazone groups is 1. The van der Waals surface area contributed by atoms with Crippen LogP contribution < -0.4 is 9.47 Å². The molecule has 0 unspecified atom stereocenters. The first kappa shape index (κ1) is 20.1. The maximum Gasteiger partial charge on any atom is 0.259 e. The Morgan fingerprint density at radius 3 is 2.75 bits per heavy atom. The second-order valence-electron chi connectivity index (χ2n) is 5.98. The molecule has 0 aliphatic carbocycles. The first-order valence-electron chi connectivity index (χ1n) is 8.64. The third-order valence-electron chi connectivity index (χ3n) is 4.01. The molecule has 2 aromatic rings. The largest absolute Gasteiger partial charge is 0.493 e. The van der Waals surface area contributed by atoms with Crippen LogP contribution in [0.4, 0.5) is 0 Å². The van der Waals surface area contributed by atoms with Gasteiger partial charge < -0.3 is 9.47 Å². The summed E-state index contributed by atoms with van der Waals surface area (Å²) in [6, 6.07) is 13.7. The van der Waals surface area contributed by atoms with Gasteiger partial charge in [0.05, 0.1) is 19.1 Å². The van der Waals surface area contributed by atoms with Crippen molar-refractivity contribution in [2.45, 2.75) is 13.0 Å². The van der Waals surface area contributed by atoms with Crippen LogP contribution in [0.15, 0.2) is 60.2 Å². The van der Waals surface area contributed by atoms with Crippen molar-refractivity contribution in [2.24, 2.45) is 5.10 Å². The molecule has 144 valence electrons. The van der Waals surface area contributed by atoms with Gasteiger partial charge in [-0.1, -0.05) is 60.4 Å². The molecular formula is C21H20N2O3S2. The lowest BCUT2D eigenvalue weighted by atomic mass is 10.1. The summed E-state index contributed by atoms with van der Waals surface area (Å²) in [5.74, 6) is 1.48. The third-order valence-corrected chi connectivity index (χ3v) is 5.35. The van der Waals surface area contributed by atoms with Gasteiger partial charge in [0.2, 0.25) is 0 Å². The van der Waals surface area contributed by atoms with Crippen LogP contribution in [-0.4, -0.2) is 34.3 Å². The zero-order valence-electron chi connectivity index (χ0n) is 15.5. The highest BCUT2D eigenvalue weighted by atomic mass is 32.2. The number of thioether (sulfide) groups is 1. The summed E-state index contributed by atoms with van der Waals surface area (Å²) in [6.07, 6.45) is 4.02. The van der Waals surface area contributed by atoms with Crippen molar-refractivity contribution in [1.29, 1.82) is 0 Å². The molecule has 0 aromatic heterocycles. The SMILES string of the molecule is C=CCc1cc(/C=N\N2C(=O)CSC2=S)cc(OC)c1OCc1ccccc1. The van der Waals surface area contributed by atoms with Gasteiger partial charge in [-0.2, -0.15) is 10.1 Å². The van der Waals surface area contributed by atoms with Gasteiger partial charge in [-0.3, -0.25) is 4.79 Å². The van der Waals surface area contributed by atoms with Gasteiger partial charge in [0, 0.05) is 5.56 Å². The van der Waals surface area contributed by atoms with Gasteiger partial charge in [0.15, 0.2) is 15.8 Å². The topological polar surface area (TPSA) is 51.1 Å². The van der Waals surface area contributed by atoms with Gasteiger partial charge in [-0.15, -0.1) is 6.58 Å². The molecule has 7 heteroatoms. The Kier molecular flexibility index (Phi) is 6.84. The lowest BCUT2D eigenvalue weighted by molar-refractivity contribution is -0.123. The molecule has 28 heavy (non-hydrogen) atoms. The lowest BCUT2D eigenvalue weighted by Gasteiger charge is -2.16. The van der Waals surface area contributed by atoms with E-state index in [0.29, 0.717) is 34.6 Å². The fraction of sp³-hybridized carbons (Fsp3) is 0.190. The van der Waals surface area contributed by atoms with Crippen LogP contribution in [0.2, 0.25) is 0 Å². The molecule has 0 saturated carbocycles. The first-order valence-corrected chi connectivity index (χ1v) is 10.0.